The number of rotatable bonds is 4. The molecule has 1 aromatic carbocycles. The predicted molar refractivity (Wildman–Crippen MR) is 79.7 cm³/mol. The van der Waals surface area contributed by atoms with Gasteiger partial charge in [-0.25, -0.2) is 0 Å². The molecule has 9 heteroatoms. The van der Waals surface area contributed by atoms with Gasteiger partial charge in [0.2, 0.25) is 11.8 Å². The molecule has 1 atom stereocenters. The minimum absolute atomic E-state index is 0. The molecular weight excluding hydrogens is 335 g/mol. The third-order valence-corrected chi connectivity index (χ3v) is 3.79. The first-order valence-corrected chi connectivity index (χ1v) is 6.65. The second-order valence-corrected chi connectivity index (χ2v) is 5.41. The van der Waals surface area contributed by atoms with Crippen LogP contribution in [0.15, 0.2) is 24.3 Å². The molecule has 128 valence electrons. The van der Waals surface area contributed by atoms with Crippen LogP contribution in [0.2, 0.25) is 0 Å². The fourth-order valence-corrected chi connectivity index (χ4v) is 2.11. The number of alkyl halides is 3. The van der Waals surface area contributed by atoms with E-state index in [1.54, 1.807) is 0 Å². The van der Waals surface area contributed by atoms with Gasteiger partial charge in [-0.3, -0.25) is 9.59 Å². The summed E-state index contributed by atoms with van der Waals surface area (Å²) < 4.78 is 38.4. The van der Waals surface area contributed by atoms with Gasteiger partial charge in [-0.1, -0.05) is 12.1 Å². The zero-order chi connectivity index (χ0) is 16.5. The molecule has 0 saturated carbocycles. The molecule has 0 spiro atoms. The molecule has 1 aliphatic rings. The first-order chi connectivity index (χ1) is 10.1. The van der Waals surface area contributed by atoms with E-state index in [2.05, 4.69) is 10.6 Å². The molecule has 1 fully saturated rings. The molecule has 1 unspecified atom stereocenters. The number of hydrogen-bond donors (Lipinski definition) is 3. The maximum Gasteiger partial charge on any atom is 0.416 e. The van der Waals surface area contributed by atoms with Crippen LogP contribution >= 0.6 is 12.4 Å². The Morgan fingerprint density at radius 1 is 1.26 bits per heavy atom. The normalized spacial score (nSPS) is 17.4. The van der Waals surface area contributed by atoms with E-state index < -0.39 is 29.1 Å². The summed E-state index contributed by atoms with van der Waals surface area (Å²) in [6.45, 7) is 2.22. The van der Waals surface area contributed by atoms with Crippen LogP contribution in [-0.4, -0.2) is 24.9 Å². The Balaban J connectivity index is 0.00000264. The molecule has 0 aliphatic carbocycles. The summed E-state index contributed by atoms with van der Waals surface area (Å²) in [6, 6.07) is 4.22. The lowest BCUT2D eigenvalue weighted by Gasteiger charge is -2.33. The number of halogens is 4. The molecule has 1 aliphatic heterocycles. The summed E-state index contributed by atoms with van der Waals surface area (Å²) in [5, 5.41) is 5.37. The van der Waals surface area contributed by atoms with Crippen LogP contribution in [0.4, 0.5) is 13.2 Å². The van der Waals surface area contributed by atoms with Crippen molar-refractivity contribution < 1.29 is 22.8 Å². The van der Waals surface area contributed by atoms with Crippen molar-refractivity contribution in [3.63, 3.8) is 0 Å². The van der Waals surface area contributed by atoms with Gasteiger partial charge in [-0.15, -0.1) is 12.4 Å². The van der Waals surface area contributed by atoms with Crippen LogP contribution in [0.25, 0.3) is 0 Å². The maximum atomic E-state index is 12.8. The van der Waals surface area contributed by atoms with E-state index >= 15 is 0 Å². The van der Waals surface area contributed by atoms with Crippen molar-refractivity contribution in [2.45, 2.75) is 18.6 Å². The Morgan fingerprint density at radius 2 is 1.83 bits per heavy atom. The summed E-state index contributed by atoms with van der Waals surface area (Å²) in [7, 11) is 0. The minimum atomic E-state index is -4.55. The highest BCUT2D eigenvalue weighted by Crippen LogP contribution is 2.32. The van der Waals surface area contributed by atoms with Crippen LogP contribution in [-0.2, 0) is 21.3 Å². The average molecular weight is 352 g/mol. The van der Waals surface area contributed by atoms with E-state index in [4.69, 9.17) is 5.73 Å². The van der Waals surface area contributed by atoms with E-state index in [1.807, 2.05) is 0 Å². The number of primary amides is 1. The number of carbonyl (C=O) groups is 2. The van der Waals surface area contributed by atoms with E-state index in [9.17, 15) is 22.8 Å². The molecule has 1 aromatic rings. The smallest absolute Gasteiger partial charge is 0.367 e. The number of nitrogens with one attached hydrogen (secondary N) is 2. The highest BCUT2D eigenvalue weighted by atomic mass is 35.5. The highest BCUT2D eigenvalue weighted by molar-refractivity contribution is 5.92. The van der Waals surface area contributed by atoms with Gasteiger partial charge in [0.25, 0.3) is 0 Å². The van der Waals surface area contributed by atoms with Gasteiger partial charge in [0, 0.05) is 13.1 Å². The van der Waals surface area contributed by atoms with Crippen molar-refractivity contribution in [3.8, 4) is 0 Å². The zero-order valence-corrected chi connectivity index (χ0v) is 13.1. The van der Waals surface area contributed by atoms with Gasteiger partial charge >= 0.3 is 6.18 Å². The molecule has 4 N–H and O–H groups in total. The van der Waals surface area contributed by atoms with Gasteiger partial charge in [0.05, 0.1) is 11.5 Å². The topological polar surface area (TPSA) is 84.2 Å². The number of benzene rings is 1. The minimum Gasteiger partial charge on any atom is -0.367 e. The highest BCUT2D eigenvalue weighted by Gasteiger charge is 2.39. The second kappa shape index (κ2) is 6.76. The lowest BCUT2D eigenvalue weighted by molar-refractivity contribution is -0.138. The number of carbonyl (C=O) groups excluding carboxylic acids is 2. The van der Waals surface area contributed by atoms with Crippen LogP contribution in [0.1, 0.15) is 18.1 Å². The van der Waals surface area contributed by atoms with Crippen molar-refractivity contribution >= 4 is 24.2 Å². The number of amides is 2. The van der Waals surface area contributed by atoms with E-state index in [0.717, 1.165) is 12.1 Å². The first kappa shape index (κ1) is 19.2. The van der Waals surface area contributed by atoms with Gasteiger partial charge in [0.15, 0.2) is 0 Å². The second-order valence-electron chi connectivity index (χ2n) is 5.41. The molecule has 0 bridgehead atoms. The molecule has 2 rings (SSSR count). The van der Waals surface area contributed by atoms with Crippen LogP contribution in [0.5, 0.6) is 0 Å². The van der Waals surface area contributed by atoms with Crippen molar-refractivity contribution in [2.24, 2.45) is 11.7 Å². The fraction of sp³-hybridized carbons (Fsp3) is 0.429. The standard InChI is InChI=1S/C14H16F3N3O2.ClH/c1-13(12(18)22,20-11(21)8-6-19-7-8)9-3-2-4-10(5-9)14(15,16)17;/h2-5,8,19H,6-7H2,1H3,(H2,18,22)(H,20,21);1H. The van der Waals surface area contributed by atoms with E-state index in [-0.39, 0.29) is 23.9 Å². The monoisotopic (exact) mass is 351 g/mol. The summed E-state index contributed by atoms with van der Waals surface area (Å²) in [6.07, 6.45) is -4.55. The van der Waals surface area contributed by atoms with Gasteiger partial charge in [-0.2, -0.15) is 13.2 Å². The molecule has 0 aromatic heterocycles. The third-order valence-electron chi connectivity index (χ3n) is 3.79. The van der Waals surface area contributed by atoms with Gasteiger partial charge < -0.3 is 16.4 Å². The summed E-state index contributed by atoms with van der Waals surface area (Å²) in [5.41, 5.74) is 2.71. The van der Waals surface area contributed by atoms with Crippen molar-refractivity contribution in [1.29, 1.82) is 0 Å². The van der Waals surface area contributed by atoms with Crippen molar-refractivity contribution in [2.75, 3.05) is 13.1 Å². The summed E-state index contributed by atoms with van der Waals surface area (Å²) in [4.78, 5) is 23.8. The van der Waals surface area contributed by atoms with E-state index in [0.29, 0.717) is 13.1 Å². The van der Waals surface area contributed by atoms with E-state index in [1.165, 1.54) is 19.1 Å². The molecule has 23 heavy (non-hydrogen) atoms. The Bertz CT molecular complexity index is 605. The molecular formula is C14H17ClF3N3O2. The van der Waals surface area contributed by atoms with Crippen LogP contribution in [0.3, 0.4) is 0 Å². The third kappa shape index (κ3) is 3.94. The SMILES string of the molecule is CC(NC(=O)C1CNC1)(C(N)=O)c1cccc(C(F)(F)F)c1.Cl. The Morgan fingerprint density at radius 3 is 2.26 bits per heavy atom. The predicted octanol–water partition coefficient (Wildman–Crippen LogP) is 1.16. The fourth-order valence-electron chi connectivity index (χ4n) is 2.11. The lowest BCUT2D eigenvalue weighted by Crippen LogP contribution is -2.59. The summed E-state index contributed by atoms with van der Waals surface area (Å²) >= 11 is 0. The lowest BCUT2D eigenvalue weighted by atomic mass is 9.88. The number of nitrogens with two attached hydrogens (primary N) is 1. The largest absolute Gasteiger partial charge is 0.416 e. The van der Waals surface area contributed by atoms with Crippen LogP contribution < -0.4 is 16.4 Å². The van der Waals surface area contributed by atoms with Crippen LogP contribution in [0, 0.1) is 5.92 Å². The molecule has 2 amide bonds. The quantitative estimate of drug-likeness (QED) is 0.761. The maximum absolute atomic E-state index is 12.8. The molecule has 0 radical (unpaired) electrons. The van der Waals surface area contributed by atoms with Gasteiger partial charge in [0.1, 0.15) is 5.54 Å². The van der Waals surface area contributed by atoms with Crippen molar-refractivity contribution in [1.82, 2.24) is 10.6 Å². The Kier molecular flexibility index (Phi) is 5.65. The summed E-state index contributed by atoms with van der Waals surface area (Å²) in [5.74, 6) is -1.66. The average Bonchev–Trinajstić information content (AvgIpc) is 2.35. The Labute approximate surface area is 137 Å². The number of hydrogen-bond acceptors (Lipinski definition) is 3. The molecule has 1 saturated heterocycles. The first-order valence-electron chi connectivity index (χ1n) is 6.65. The molecule has 1 heterocycles. The zero-order valence-electron chi connectivity index (χ0n) is 12.2. The molecule has 5 nitrogen and oxygen atoms in total. The van der Waals surface area contributed by atoms with Gasteiger partial charge in [-0.05, 0) is 24.6 Å². The Hall–Kier alpha value is -1.80. The van der Waals surface area contributed by atoms with Crippen molar-refractivity contribution in [3.05, 3.63) is 35.4 Å².